The van der Waals surface area contributed by atoms with Crippen LogP contribution in [0.3, 0.4) is 0 Å². The molecule has 3 aromatic heterocycles. The molecule has 3 unspecified atom stereocenters. The van der Waals surface area contributed by atoms with Crippen LogP contribution in [0.2, 0.25) is 0 Å². The Hall–Kier alpha value is -4.33. The standard InChI is InChI=1S/C34H35N5O3/c1-19-23-9-13-28(19)39(18-23)34(41)24-14-27-31(30(16-24)42-3)37(2)33(36-27)29-15-22-8-12-26(21-6-10-25(40)11-7-21)35-32(22)38(29)17-20-4-5-20/h6-8,10-12,14-16,19-20,23,28,40H,4-5,9,13,17-18H2,1-3H3. The number of aromatic hydroxyl groups is 1. The Morgan fingerprint density at radius 2 is 1.83 bits per heavy atom. The van der Waals surface area contributed by atoms with Crippen LogP contribution in [-0.4, -0.2) is 54.7 Å². The summed E-state index contributed by atoms with van der Waals surface area (Å²) in [7, 11) is 3.68. The van der Waals surface area contributed by atoms with Gasteiger partial charge in [-0.05, 0) is 98.0 Å². The number of aryl methyl sites for hydroxylation is 1. The van der Waals surface area contributed by atoms with Crippen LogP contribution in [-0.2, 0) is 13.6 Å². The minimum Gasteiger partial charge on any atom is -0.508 e. The molecule has 42 heavy (non-hydrogen) atoms. The maximum absolute atomic E-state index is 13.7. The number of amides is 1. The number of pyridine rings is 1. The lowest BCUT2D eigenvalue weighted by atomic mass is 10.0. The molecular weight excluding hydrogens is 526 g/mol. The Labute approximate surface area is 244 Å². The summed E-state index contributed by atoms with van der Waals surface area (Å²) in [4.78, 5) is 26.0. The fraction of sp³-hybridized carbons (Fsp3) is 0.382. The number of nitrogens with zero attached hydrogens (tertiary/aromatic N) is 5. The van der Waals surface area contributed by atoms with Crippen molar-refractivity contribution >= 4 is 28.0 Å². The van der Waals surface area contributed by atoms with Crippen LogP contribution in [0.25, 0.3) is 44.8 Å². The Morgan fingerprint density at radius 3 is 2.52 bits per heavy atom. The highest BCUT2D eigenvalue weighted by Crippen LogP contribution is 2.44. The van der Waals surface area contributed by atoms with Gasteiger partial charge >= 0.3 is 0 Å². The van der Waals surface area contributed by atoms with E-state index in [-0.39, 0.29) is 11.7 Å². The van der Waals surface area contributed by atoms with E-state index in [0.29, 0.717) is 35.1 Å². The SMILES string of the molecule is COc1cc(C(=O)N2CC3CCC2C3C)cc2nc(-c3cc4ccc(-c5ccc(O)cc5)nc4n3CC3CC3)n(C)c12. The second-order valence-corrected chi connectivity index (χ2v) is 12.5. The number of ether oxygens (including phenoxy) is 1. The lowest BCUT2D eigenvalue weighted by Gasteiger charge is -2.27. The number of phenolic OH excluding ortho intramolecular Hbond substituents is 1. The van der Waals surface area contributed by atoms with E-state index >= 15 is 0 Å². The summed E-state index contributed by atoms with van der Waals surface area (Å²) in [6.07, 6.45) is 4.76. The van der Waals surface area contributed by atoms with Gasteiger partial charge in [-0.25, -0.2) is 9.97 Å². The van der Waals surface area contributed by atoms with Gasteiger partial charge in [0.15, 0.2) is 5.82 Å². The number of methoxy groups -OCH3 is 1. The van der Waals surface area contributed by atoms with Crippen molar-refractivity contribution in [2.45, 2.75) is 45.2 Å². The van der Waals surface area contributed by atoms with Gasteiger partial charge < -0.3 is 23.9 Å². The van der Waals surface area contributed by atoms with Crippen LogP contribution in [0.15, 0.2) is 54.6 Å². The first-order valence-electron chi connectivity index (χ1n) is 15.0. The molecular formula is C34H35N5O3. The number of piperidine rings is 1. The Morgan fingerprint density at radius 1 is 1.02 bits per heavy atom. The van der Waals surface area contributed by atoms with Gasteiger partial charge in [0.05, 0.1) is 24.0 Å². The Balaban J connectivity index is 1.24. The van der Waals surface area contributed by atoms with Crippen LogP contribution in [0.4, 0.5) is 0 Å². The lowest BCUT2D eigenvalue weighted by molar-refractivity contribution is 0.0696. The molecule has 0 spiro atoms. The maximum Gasteiger partial charge on any atom is 0.254 e. The summed E-state index contributed by atoms with van der Waals surface area (Å²) in [6, 6.07) is 17.6. The molecule has 1 N–H and O–H groups in total. The molecule has 2 bridgehead atoms. The minimum atomic E-state index is 0.0789. The van der Waals surface area contributed by atoms with E-state index in [1.54, 1.807) is 19.2 Å². The van der Waals surface area contributed by atoms with E-state index in [1.807, 2.05) is 37.4 Å². The number of likely N-dealkylation sites (tertiary alicyclic amines) is 1. The number of hydrogen-bond acceptors (Lipinski definition) is 5. The van der Waals surface area contributed by atoms with E-state index in [9.17, 15) is 9.90 Å². The first-order chi connectivity index (χ1) is 20.4. The molecule has 5 aromatic rings. The molecule has 3 fully saturated rings. The smallest absolute Gasteiger partial charge is 0.254 e. The van der Waals surface area contributed by atoms with E-state index in [4.69, 9.17) is 14.7 Å². The van der Waals surface area contributed by atoms with Crippen LogP contribution in [0.5, 0.6) is 11.5 Å². The third-order valence-electron chi connectivity index (χ3n) is 9.95. The van der Waals surface area contributed by atoms with E-state index in [0.717, 1.165) is 64.4 Å². The molecule has 1 saturated heterocycles. The molecule has 0 radical (unpaired) electrons. The van der Waals surface area contributed by atoms with Crippen molar-refractivity contribution < 1.29 is 14.6 Å². The number of carbonyl (C=O) groups is 1. The zero-order chi connectivity index (χ0) is 28.7. The summed E-state index contributed by atoms with van der Waals surface area (Å²) < 4.78 is 10.3. The first-order valence-corrected chi connectivity index (χ1v) is 15.0. The fourth-order valence-electron chi connectivity index (χ4n) is 7.38. The number of carbonyl (C=O) groups excluding carboxylic acids is 1. The van der Waals surface area contributed by atoms with Crippen molar-refractivity contribution in [3.63, 3.8) is 0 Å². The normalized spacial score (nSPS) is 21.6. The number of aromatic nitrogens is 4. The second-order valence-electron chi connectivity index (χ2n) is 12.5. The lowest BCUT2D eigenvalue weighted by Crippen LogP contribution is -2.38. The predicted molar refractivity (Wildman–Crippen MR) is 163 cm³/mol. The molecule has 3 aliphatic rings. The predicted octanol–water partition coefficient (Wildman–Crippen LogP) is 6.25. The third kappa shape index (κ3) is 3.91. The van der Waals surface area contributed by atoms with E-state index < -0.39 is 0 Å². The van der Waals surface area contributed by atoms with Gasteiger partial charge in [-0.2, -0.15) is 0 Å². The Kier molecular flexibility index (Phi) is 5.65. The van der Waals surface area contributed by atoms with Gasteiger partial charge in [-0.3, -0.25) is 4.79 Å². The molecule has 2 saturated carbocycles. The monoisotopic (exact) mass is 561 g/mol. The van der Waals surface area contributed by atoms with Gasteiger partial charge in [-0.1, -0.05) is 6.92 Å². The summed E-state index contributed by atoms with van der Waals surface area (Å²) in [5, 5.41) is 10.8. The Bertz CT molecular complexity index is 1870. The van der Waals surface area contributed by atoms with Crippen LogP contribution >= 0.6 is 0 Å². The molecule has 4 heterocycles. The van der Waals surface area contributed by atoms with E-state index in [1.165, 1.54) is 19.3 Å². The fourth-order valence-corrected chi connectivity index (χ4v) is 7.38. The summed E-state index contributed by atoms with van der Waals surface area (Å²) >= 11 is 0. The van der Waals surface area contributed by atoms with Crippen molar-refractivity contribution in [2.24, 2.45) is 24.8 Å². The molecule has 8 rings (SSSR count). The molecule has 1 aliphatic heterocycles. The second kappa shape index (κ2) is 9.34. The summed E-state index contributed by atoms with van der Waals surface area (Å²) in [6.45, 7) is 4.01. The number of hydrogen-bond donors (Lipinski definition) is 1. The average Bonchev–Trinajstić information content (AvgIpc) is 3.41. The molecule has 3 atom stereocenters. The van der Waals surface area contributed by atoms with Gasteiger partial charge in [0.25, 0.3) is 5.91 Å². The van der Waals surface area contributed by atoms with Crippen molar-refractivity contribution in [3.05, 3.63) is 60.2 Å². The third-order valence-corrected chi connectivity index (χ3v) is 9.95. The van der Waals surface area contributed by atoms with Crippen LogP contribution in [0.1, 0.15) is 43.0 Å². The number of imidazole rings is 1. The summed E-state index contributed by atoms with van der Waals surface area (Å²) in [5.74, 6) is 3.61. The van der Waals surface area contributed by atoms with Crippen LogP contribution in [0, 0.1) is 17.8 Å². The zero-order valence-electron chi connectivity index (χ0n) is 24.2. The highest BCUT2D eigenvalue weighted by molar-refractivity contribution is 6.00. The van der Waals surface area contributed by atoms with Crippen molar-refractivity contribution in [1.82, 2.24) is 24.0 Å². The molecule has 2 aromatic carbocycles. The number of benzene rings is 2. The molecule has 8 heteroatoms. The topological polar surface area (TPSA) is 85.4 Å². The van der Waals surface area contributed by atoms with Crippen molar-refractivity contribution in [1.29, 1.82) is 0 Å². The quantitative estimate of drug-likeness (QED) is 0.265. The zero-order valence-corrected chi connectivity index (χ0v) is 24.2. The average molecular weight is 562 g/mol. The first kappa shape index (κ1) is 25.4. The highest BCUT2D eigenvalue weighted by atomic mass is 16.5. The number of rotatable bonds is 6. The maximum atomic E-state index is 13.7. The van der Waals surface area contributed by atoms with Crippen LogP contribution < -0.4 is 4.74 Å². The van der Waals surface area contributed by atoms with E-state index in [2.05, 4.69) is 33.1 Å². The largest absolute Gasteiger partial charge is 0.508 e. The molecule has 8 nitrogen and oxygen atoms in total. The van der Waals surface area contributed by atoms with Crippen molar-refractivity contribution in [3.8, 4) is 34.3 Å². The van der Waals surface area contributed by atoms with Gasteiger partial charge in [-0.15, -0.1) is 0 Å². The number of phenols is 1. The number of fused-ring (bicyclic) bond motifs is 4. The summed E-state index contributed by atoms with van der Waals surface area (Å²) in [5.41, 5.74) is 6.03. The molecule has 1 amide bonds. The van der Waals surface area contributed by atoms with Gasteiger partial charge in [0.2, 0.25) is 0 Å². The van der Waals surface area contributed by atoms with Gasteiger partial charge in [0.1, 0.15) is 22.7 Å². The van der Waals surface area contributed by atoms with Crippen molar-refractivity contribution in [2.75, 3.05) is 13.7 Å². The highest BCUT2D eigenvalue weighted by Gasteiger charge is 2.46. The molecule has 2 aliphatic carbocycles. The molecule has 214 valence electrons. The minimum absolute atomic E-state index is 0.0789. The van der Waals surface area contributed by atoms with Gasteiger partial charge in [0, 0.05) is 42.7 Å².